The highest BCUT2D eigenvalue weighted by Gasteiger charge is 2.10. The number of hydrogen-bond donors (Lipinski definition) is 0. The first-order valence-corrected chi connectivity index (χ1v) is 5.71. The summed E-state index contributed by atoms with van der Waals surface area (Å²) in [4.78, 5) is 8.74. The number of pyridine rings is 1. The number of hydrogen-bond acceptors (Lipinski definition) is 4. The molecule has 2 rings (SSSR count). The van der Waals surface area contributed by atoms with Crippen LogP contribution in [0, 0.1) is 6.92 Å². The number of rotatable bonds is 2. The van der Waals surface area contributed by atoms with Crippen LogP contribution in [0.4, 0.5) is 0 Å². The largest absolute Gasteiger partial charge is 0.261 e. The standard InChI is InChI=1S/C11H13N3S/c1-7(2)11-13-10(14-15-11)9-5-4-6-12-8(9)3/h4-7H,1-3H3. The Balaban J connectivity index is 2.42. The van der Waals surface area contributed by atoms with E-state index in [1.54, 1.807) is 6.20 Å². The maximum absolute atomic E-state index is 4.51. The van der Waals surface area contributed by atoms with Gasteiger partial charge in [-0.15, -0.1) is 0 Å². The second-order valence-electron chi connectivity index (χ2n) is 3.75. The molecule has 78 valence electrons. The first-order chi connectivity index (χ1) is 7.18. The Kier molecular flexibility index (Phi) is 2.77. The normalized spacial score (nSPS) is 10.9. The molecule has 4 heteroatoms. The van der Waals surface area contributed by atoms with Crippen LogP contribution in [0.15, 0.2) is 18.3 Å². The molecule has 0 aliphatic carbocycles. The maximum atomic E-state index is 4.51. The summed E-state index contributed by atoms with van der Waals surface area (Å²) in [6.45, 7) is 6.23. The van der Waals surface area contributed by atoms with Gasteiger partial charge in [-0.05, 0) is 30.6 Å². The SMILES string of the molecule is Cc1ncccc1-c1nsc(C(C)C)n1. The van der Waals surface area contributed by atoms with Crippen molar-refractivity contribution in [3.63, 3.8) is 0 Å². The summed E-state index contributed by atoms with van der Waals surface area (Å²) >= 11 is 1.47. The van der Waals surface area contributed by atoms with Gasteiger partial charge in [-0.3, -0.25) is 4.98 Å². The topological polar surface area (TPSA) is 38.7 Å². The highest BCUT2D eigenvalue weighted by molar-refractivity contribution is 7.05. The summed E-state index contributed by atoms with van der Waals surface area (Å²) in [6.07, 6.45) is 1.79. The fourth-order valence-electron chi connectivity index (χ4n) is 1.30. The molecule has 2 heterocycles. The monoisotopic (exact) mass is 219 g/mol. The minimum absolute atomic E-state index is 0.438. The highest BCUT2D eigenvalue weighted by Crippen LogP contribution is 2.23. The van der Waals surface area contributed by atoms with Crippen LogP contribution >= 0.6 is 11.5 Å². The van der Waals surface area contributed by atoms with Crippen molar-refractivity contribution < 1.29 is 0 Å². The van der Waals surface area contributed by atoms with E-state index in [1.807, 2.05) is 19.1 Å². The minimum atomic E-state index is 0.438. The molecular weight excluding hydrogens is 206 g/mol. The molecule has 2 aromatic rings. The van der Waals surface area contributed by atoms with Crippen molar-refractivity contribution in [1.82, 2.24) is 14.3 Å². The first-order valence-electron chi connectivity index (χ1n) is 4.94. The first kappa shape index (κ1) is 10.2. The maximum Gasteiger partial charge on any atom is 0.174 e. The Morgan fingerprint density at radius 3 is 2.73 bits per heavy atom. The van der Waals surface area contributed by atoms with Crippen LogP contribution in [-0.2, 0) is 0 Å². The fourth-order valence-corrected chi connectivity index (χ4v) is 1.96. The van der Waals surface area contributed by atoms with Crippen LogP contribution in [0.2, 0.25) is 0 Å². The van der Waals surface area contributed by atoms with Gasteiger partial charge in [0.15, 0.2) is 5.82 Å². The van der Waals surface area contributed by atoms with E-state index in [9.17, 15) is 0 Å². The summed E-state index contributed by atoms with van der Waals surface area (Å²) < 4.78 is 4.36. The molecule has 0 atom stereocenters. The zero-order valence-electron chi connectivity index (χ0n) is 9.06. The zero-order valence-corrected chi connectivity index (χ0v) is 9.88. The third-order valence-electron chi connectivity index (χ3n) is 2.18. The fraction of sp³-hybridized carbons (Fsp3) is 0.364. The van der Waals surface area contributed by atoms with Gasteiger partial charge < -0.3 is 0 Å². The van der Waals surface area contributed by atoms with E-state index in [1.165, 1.54) is 11.5 Å². The van der Waals surface area contributed by atoms with Crippen LogP contribution in [0.1, 0.15) is 30.5 Å². The van der Waals surface area contributed by atoms with Crippen LogP contribution in [-0.4, -0.2) is 14.3 Å². The molecule has 3 nitrogen and oxygen atoms in total. The molecule has 0 aliphatic rings. The summed E-state index contributed by atoms with van der Waals surface area (Å²) in [5.74, 6) is 1.24. The number of aromatic nitrogens is 3. The Hall–Kier alpha value is -1.29. The zero-order chi connectivity index (χ0) is 10.8. The lowest BCUT2D eigenvalue weighted by Crippen LogP contribution is -1.89. The Morgan fingerprint density at radius 2 is 2.13 bits per heavy atom. The van der Waals surface area contributed by atoms with E-state index < -0.39 is 0 Å². The van der Waals surface area contributed by atoms with Gasteiger partial charge in [0.2, 0.25) is 0 Å². The molecule has 0 radical (unpaired) electrons. The smallest absolute Gasteiger partial charge is 0.174 e. The lowest BCUT2D eigenvalue weighted by molar-refractivity contribution is 0.853. The van der Waals surface area contributed by atoms with Gasteiger partial charge in [0.05, 0.1) is 0 Å². The predicted octanol–water partition coefficient (Wildman–Crippen LogP) is 3.03. The molecule has 0 aromatic carbocycles. The summed E-state index contributed by atoms with van der Waals surface area (Å²) in [6, 6.07) is 3.92. The average molecular weight is 219 g/mol. The lowest BCUT2D eigenvalue weighted by Gasteiger charge is -1.99. The Bertz CT molecular complexity index is 462. The third-order valence-corrected chi connectivity index (χ3v) is 3.20. The Labute approximate surface area is 93.4 Å². The third kappa shape index (κ3) is 2.04. The van der Waals surface area contributed by atoms with E-state index in [0.29, 0.717) is 5.92 Å². The van der Waals surface area contributed by atoms with Gasteiger partial charge in [0.25, 0.3) is 0 Å². The summed E-state index contributed by atoms with van der Waals surface area (Å²) in [5, 5.41) is 1.08. The molecule has 0 aliphatic heterocycles. The molecule has 0 bridgehead atoms. The van der Waals surface area contributed by atoms with Gasteiger partial charge in [-0.1, -0.05) is 13.8 Å². The summed E-state index contributed by atoms with van der Waals surface area (Å²) in [5.41, 5.74) is 2.01. The molecule has 0 fully saturated rings. The van der Waals surface area contributed by atoms with Crippen molar-refractivity contribution in [3.05, 3.63) is 29.0 Å². The average Bonchev–Trinajstić information content (AvgIpc) is 2.67. The van der Waals surface area contributed by atoms with E-state index in [2.05, 4.69) is 28.2 Å². The van der Waals surface area contributed by atoms with Gasteiger partial charge >= 0.3 is 0 Å². The van der Waals surface area contributed by atoms with Gasteiger partial charge in [0.1, 0.15) is 5.01 Å². The van der Waals surface area contributed by atoms with Gasteiger partial charge in [-0.25, -0.2) is 4.98 Å². The molecule has 15 heavy (non-hydrogen) atoms. The number of nitrogens with zero attached hydrogens (tertiary/aromatic N) is 3. The molecule has 2 aromatic heterocycles. The van der Waals surface area contributed by atoms with Crippen molar-refractivity contribution in [1.29, 1.82) is 0 Å². The molecular formula is C11H13N3S. The molecule has 0 N–H and O–H groups in total. The molecule has 0 saturated heterocycles. The van der Waals surface area contributed by atoms with Crippen molar-refractivity contribution in [2.75, 3.05) is 0 Å². The summed E-state index contributed by atoms with van der Waals surface area (Å²) in [7, 11) is 0. The number of aryl methyl sites for hydroxylation is 1. The lowest BCUT2D eigenvalue weighted by atomic mass is 10.2. The van der Waals surface area contributed by atoms with E-state index in [-0.39, 0.29) is 0 Å². The molecule has 0 spiro atoms. The quantitative estimate of drug-likeness (QED) is 0.779. The van der Waals surface area contributed by atoms with Crippen molar-refractivity contribution in [2.24, 2.45) is 0 Å². The van der Waals surface area contributed by atoms with Crippen LogP contribution in [0.5, 0.6) is 0 Å². The predicted molar refractivity (Wildman–Crippen MR) is 62.0 cm³/mol. The van der Waals surface area contributed by atoms with E-state index in [0.717, 1.165) is 22.1 Å². The van der Waals surface area contributed by atoms with Gasteiger partial charge in [0, 0.05) is 23.4 Å². The van der Waals surface area contributed by atoms with Crippen LogP contribution in [0.25, 0.3) is 11.4 Å². The van der Waals surface area contributed by atoms with Crippen molar-refractivity contribution >= 4 is 11.5 Å². The Morgan fingerprint density at radius 1 is 1.33 bits per heavy atom. The highest BCUT2D eigenvalue weighted by atomic mass is 32.1. The van der Waals surface area contributed by atoms with Gasteiger partial charge in [-0.2, -0.15) is 4.37 Å². The van der Waals surface area contributed by atoms with Crippen molar-refractivity contribution in [2.45, 2.75) is 26.7 Å². The minimum Gasteiger partial charge on any atom is -0.261 e. The molecule has 0 unspecified atom stereocenters. The van der Waals surface area contributed by atoms with Crippen LogP contribution < -0.4 is 0 Å². The second-order valence-corrected chi connectivity index (χ2v) is 4.53. The van der Waals surface area contributed by atoms with Crippen LogP contribution in [0.3, 0.4) is 0 Å². The van der Waals surface area contributed by atoms with Crippen molar-refractivity contribution in [3.8, 4) is 11.4 Å². The molecule has 0 saturated carbocycles. The molecule has 0 amide bonds. The second kappa shape index (κ2) is 4.06. The van der Waals surface area contributed by atoms with E-state index >= 15 is 0 Å². The van der Waals surface area contributed by atoms with E-state index in [4.69, 9.17) is 0 Å².